The van der Waals surface area contributed by atoms with Gasteiger partial charge in [-0.25, -0.2) is 4.79 Å². The first kappa shape index (κ1) is 14.3. The summed E-state index contributed by atoms with van der Waals surface area (Å²) in [6.45, 7) is 3.66. The molecule has 108 valence electrons. The molecule has 0 aliphatic carbocycles. The molecule has 1 heterocycles. The molecule has 0 fully saturated rings. The molecule has 0 bridgehead atoms. The van der Waals surface area contributed by atoms with Crippen LogP contribution in [0.1, 0.15) is 19.4 Å². The molecule has 1 aliphatic heterocycles. The number of nitrogens with zero attached hydrogens (tertiary/aromatic N) is 1. The van der Waals surface area contributed by atoms with Gasteiger partial charge in [-0.05, 0) is 31.5 Å². The fourth-order valence-electron chi connectivity index (χ4n) is 2.21. The Balaban J connectivity index is 2.47. The van der Waals surface area contributed by atoms with Crippen molar-refractivity contribution in [3.8, 4) is 5.75 Å². The lowest BCUT2D eigenvalue weighted by molar-refractivity contribution is -0.143. The van der Waals surface area contributed by atoms with E-state index in [1.54, 1.807) is 26.0 Å². The van der Waals surface area contributed by atoms with Gasteiger partial charge in [0.25, 0.3) is 5.91 Å². The van der Waals surface area contributed by atoms with Crippen LogP contribution in [0.2, 0.25) is 0 Å². The summed E-state index contributed by atoms with van der Waals surface area (Å²) in [4.78, 5) is 25.4. The van der Waals surface area contributed by atoms with Gasteiger partial charge < -0.3 is 15.2 Å². The molecule has 2 atom stereocenters. The SMILES string of the molecule is COC(=O)C(C)N1C(=O)C(C)Oc2cc(CN)ccc21. The van der Waals surface area contributed by atoms with E-state index in [0.29, 0.717) is 18.0 Å². The summed E-state index contributed by atoms with van der Waals surface area (Å²) in [5, 5.41) is 0. The number of esters is 1. The smallest absolute Gasteiger partial charge is 0.328 e. The van der Waals surface area contributed by atoms with Crippen LogP contribution in [-0.4, -0.2) is 31.1 Å². The Morgan fingerprint density at radius 2 is 2.25 bits per heavy atom. The third kappa shape index (κ3) is 2.34. The molecule has 2 N–H and O–H groups in total. The maximum absolute atomic E-state index is 12.3. The molecule has 6 nitrogen and oxygen atoms in total. The van der Waals surface area contributed by atoms with Crippen molar-refractivity contribution in [1.29, 1.82) is 0 Å². The van der Waals surface area contributed by atoms with Crippen LogP contribution in [0.4, 0.5) is 5.69 Å². The number of nitrogens with two attached hydrogens (primary N) is 1. The predicted molar refractivity (Wildman–Crippen MR) is 73.4 cm³/mol. The van der Waals surface area contributed by atoms with Gasteiger partial charge in [0.05, 0.1) is 12.8 Å². The highest BCUT2D eigenvalue weighted by atomic mass is 16.5. The lowest BCUT2D eigenvalue weighted by atomic mass is 10.1. The van der Waals surface area contributed by atoms with Crippen LogP contribution < -0.4 is 15.4 Å². The topological polar surface area (TPSA) is 81.9 Å². The first-order valence-corrected chi connectivity index (χ1v) is 6.40. The zero-order valence-corrected chi connectivity index (χ0v) is 11.8. The third-order valence-electron chi connectivity index (χ3n) is 3.34. The quantitative estimate of drug-likeness (QED) is 0.828. The van der Waals surface area contributed by atoms with E-state index in [1.807, 2.05) is 6.07 Å². The van der Waals surface area contributed by atoms with Crippen molar-refractivity contribution in [1.82, 2.24) is 0 Å². The van der Waals surface area contributed by atoms with Crippen LogP contribution in [-0.2, 0) is 20.9 Å². The van der Waals surface area contributed by atoms with Crippen molar-refractivity contribution < 1.29 is 19.1 Å². The highest BCUT2D eigenvalue weighted by Crippen LogP contribution is 2.36. The van der Waals surface area contributed by atoms with Gasteiger partial charge in [0.2, 0.25) is 0 Å². The number of carbonyl (C=O) groups is 2. The van der Waals surface area contributed by atoms with Crippen LogP contribution in [0.25, 0.3) is 0 Å². The van der Waals surface area contributed by atoms with Crippen molar-refractivity contribution >= 4 is 17.6 Å². The second-order valence-electron chi connectivity index (χ2n) is 4.67. The lowest BCUT2D eigenvalue weighted by Crippen LogP contribution is -2.51. The molecule has 0 aromatic heterocycles. The molecule has 2 rings (SSSR count). The zero-order valence-electron chi connectivity index (χ0n) is 11.8. The number of rotatable bonds is 3. The minimum atomic E-state index is -0.707. The monoisotopic (exact) mass is 278 g/mol. The molecule has 0 spiro atoms. The average Bonchev–Trinajstić information content (AvgIpc) is 2.46. The first-order valence-electron chi connectivity index (χ1n) is 6.40. The zero-order chi connectivity index (χ0) is 14.9. The maximum Gasteiger partial charge on any atom is 0.328 e. The number of amides is 1. The summed E-state index contributed by atoms with van der Waals surface area (Å²) in [7, 11) is 1.30. The van der Waals surface area contributed by atoms with E-state index < -0.39 is 18.1 Å². The fraction of sp³-hybridized carbons (Fsp3) is 0.429. The molecule has 0 saturated heterocycles. The number of anilines is 1. The molecule has 0 radical (unpaired) electrons. The second-order valence-corrected chi connectivity index (χ2v) is 4.67. The number of ether oxygens (including phenoxy) is 2. The van der Waals surface area contributed by atoms with Crippen LogP contribution in [0, 0.1) is 0 Å². The van der Waals surface area contributed by atoms with E-state index in [2.05, 4.69) is 0 Å². The second kappa shape index (κ2) is 5.50. The Morgan fingerprint density at radius 1 is 1.55 bits per heavy atom. The van der Waals surface area contributed by atoms with Crippen LogP contribution >= 0.6 is 0 Å². The predicted octanol–water partition coefficient (Wildman–Crippen LogP) is 0.821. The minimum absolute atomic E-state index is 0.268. The van der Waals surface area contributed by atoms with Gasteiger partial charge in [-0.3, -0.25) is 9.69 Å². The average molecular weight is 278 g/mol. The Labute approximate surface area is 117 Å². The summed E-state index contributed by atoms with van der Waals surface area (Å²) < 4.78 is 10.3. The molecule has 1 aromatic rings. The molecule has 1 aliphatic rings. The Morgan fingerprint density at radius 3 is 2.85 bits per heavy atom. The fourth-order valence-corrected chi connectivity index (χ4v) is 2.21. The molecule has 6 heteroatoms. The minimum Gasteiger partial charge on any atom is -0.479 e. The molecule has 1 amide bonds. The van der Waals surface area contributed by atoms with E-state index >= 15 is 0 Å². The lowest BCUT2D eigenvalue weighted by Gasteiger charge is -2.35. The number of fused-ring (bicyclic) bond motifs is 1. The van der Waals surface area contributed by atoms with Gasteiger partial charge in [0.1, 0.15) is 11.8 Å². The largest absolute Gasteiger partial charge is 0.479 e. The Bertz CT molecular complexity index is 544. The first-order chi connectivity index (χ1) is 9.49. The number of methoxy groups -OCH3 is 1. The Hall–Kier alpha value is -2.08. The highest BCUT2D eigenvalue weighted by molar-refractivity contribution is 6.04. The van der Waals surface area contributed by atoms with E-state index in [-0.39, 0.29) is 5.91 Å². The van der Waals surface area contributed by atoms with Crippen LogP contribution in [0.15, 0.2) is 18.2 Å². The van der Waals surface area contributed by atoms with Crippen LogP contribution in [0.3, 0.4) is 0 Å². The van der Waals surface area contributed by atoms with E-state index in [0.717, 1.165) is 5.56 Å². The summed E-state index contributed by atoms with van der Waals surface area (Å²) in [5.41, 5.74) is 7.06. The van der Waals surface area contributed by atoms with Gasteiger partial charge in [0, 0.05) is 6.54 Å². The van der Waals surface area contributed by atoms with Crippen molar-refractivity contribution in [2.45, 2.75) is 32.5 Å². The molecular weight excluding hydrogens is 260 g/mol. The van der Waals surface area contributed by atoms with Gasteiger partial charge in [-0.1, -0.05) is 6.07 Å². The summed E-state index contributed by atoms with van der Waals surface area (Å²) in [6, 6.07) is 4.62. The number of hydrogen-bond acceptors (Lipinski definition) is 5. The summed E-state index contributed by atoms with van der Waals surface area (Å²) in [6.07, 6.45) is -0.650. The van der Waals surface area contributed by atoms with Gasteiger partial charge in [-0.15, -0.1) is 0 Å². The highest BCUT2D eigenvalue weighted by Gasteiger charge is 2.37. The molecule has 0 saturated carbocycles. The Kier molecular flexibility index (Phi) is 3.94. The normalized spacial score (nSPS) is 19.1. The number of carbonyl (C=O) groups excluding carboxylic acids is 2. The third-order valence-corrected chi connectivity index (χ3v) is 3.34. The van der Waals surface area contributed by atoms with Gasteiger partial charge in [-0.2, -0.15) is 0 Å². The maximum atomic E-state index is 12.3. The van der Waals surface area contributed by atoms with Crippen molar-refractivity contribution in [3.63, 3.8) is 0 Å². The summed E-state index contributed by atoms with van der Waals surface area (Å²) >= 11 is 0. The van der Waals surface area contributed by atoms with Crippen LogP contribution in [0.5, 0.6) is 5.75 Å². The standard InChI is InChI=1S/C14H18N2O4/c1-8(14(18)19-3)16-11-5-4-10(7-15)6-12(11)20-9(2)13(16)17/h4-6,8-9H,7,15H2,1-3H3. The van der Waals surface area contributed by atoms with E-state index in [4.69, 9.17) is 15.2 Å². The van der Waals surface area contributed by atoms with Crippen molar-refractivity contribution in [2.24, 2.45) is 5.73 Å². The summed E-state index contributed by atoms with van der Waals surface area (Å²) in [5.74, 6) is -0.187. The van der Waals surface area contributed by atoms with Crippen molar-refractivity contribution in [2.75, 3.05) is 12.0 Å². The molecule has 1 aromatic carbocycles. The molecule has 2 unspecified atom stereocenters. The molecular formula is C14H18N2O4. The van der Waals surface area contributed by atoms with E-state index in [9.17, 15) is 9.59 Å². The van der Waals surface area contributed by atoms with E-state index in [1.165, 1.54) is 12.0 Å². The van der Waals surface area contributed by atoms with Gasteiger partial charge in [0.15, 0.2) is 6.10 Å². The number of benzene rings is 1. The number of hydrogen-bond donors (Lipinski definition) is 1. The molecule has 20 heavy (non-hydrogen) atoms. The van der Waals surface area contributed by atoms with Crippen molar-refractivity contribution in [3.05, 3.63) is 23.8 Å². The van der Waals surface area contributed by atoms with Gasteiger partial charge >= 0.3 is 5.97 Å².